The number of hydrogen-bond donors (Lipinski definition) is 1. The number of para-hydroxylation sites is 1. The second-order valence-electron chi connectivity index (χ2n) is 7.23. The number of methoxy groups -OCH3 is 1. The number of benzene rings is 3. The van der Waals surface area contributed by atoms with Crippen molar-refractivity contribution in [3.05, 3.63) is 92.4 Å². The van der Waals surface area contributed by atoms with Crippen LogP contribution in [0.4, 0.5) is 5.69 Å². The lowest BCUT2D eigenvalue weighted by Crippen LogP contribution is -2.54. The summed E-state index contributed by atoms with van der Waals surface area (Å²) in [5.41, 5.74) is 2.11. The minimum atomic E-state index is -0.554. The van der Waals surface area contributed by atoms with Crippen LogP contribution in [0.5, 0.6) is 11.5 Å². The summed E-state index contributed by atoms with van der Waals surface area (Å²) in [6, 6.07) is 20.0. The number of halogens is 2. The summed E-state index contributed by atoms with van der Waals surface area (Å²) in [6.07, 6.45) is 1.51. The Morgan fingerprint density at radius 3 is 2.47 bits per heavy atom. The molecule has 1 aliphatic rings. The Labute approximate surface area is 218 Å². The van der Waals surface area contributed by atoms with E-state index in [0.29, 0.717) is 29.4 Å². The van der Waals surface area contributed by atoms with E-state index in [0.717, 1.165) is 14.5 Å². The molecule has 4 rings (SSSR count). The van der Waals surface area contributed by atoms with Gasteiger partial charge in [0.15, 0.2) is 16.6 Å². The predicted octanol–water partition coefficient (Wildman–Crippen LogP) is 5.63. The quantitative estimate of drug-likeness (QED) is 0.225. The molecule has 3 aromatic rings. The number of nitrogens with one attached hydrogen (secondary N) is 1. The van der Waals surface area contributed by atoms with Crippen LogP contribution in [0.1, 0.15) is 11.1 Å². The highest BCUT2D eigenvalue weighted by Crippen LogP contribution is 2.31. The minimum Gasteiger partial charge on any atom is -0.493 e. The molecular formula is C25H18Br2N2O4S. The topological polar surface area (TPSA) is 67.9 Å². The molecule has 0 radical (unpaired) electrons. The number of ether oxygens (including phenoxy) is 2. The van der Waals surface area contributed by atoms with Crippen molar-refractivity contribution in [3.63, 3.8) is 0 Å². The highest BCUT2D eigenvalue weighted by molar-refractivity contribution is 9.11. The molecule has 0 spiro atoms. The van der Waals surface area contributed by atoms with Gasteiger partial charge < -0.3 is 9.47 Å². The van der Waals surface area contributed by atoms with E-state index >= 15 is 0 Å². The Morgan fingerprint density at radius 1 is 1.00 bits per heavy atom. The largest absolute Gasteiger partial charge is 0.493 e. The van der Waals surface area contributed by atoms with E-state index in [1.165, 1.54) is 18.1 Å². The third-order valence-corrected chi connectivity index (χ3v) is 6.53. The van der Waals surface area contributed by atoms with E-state index in [-0.39, 0.29) is 10.7 Å². The minimum absolute atomic E-state index is 0.0352. The van der Waals surface area contributed by atoms with Crippen molar-refractivity contribution >= 4 is 72.8 Å². The summed E-state index contributed by atoms with van der Waals surface area (Å²) < 4.78 is 13.3. The van der Waals surface area contributed by atoms with Gasteiger partial charge in [-0.25, -0.2) is 0 Å². The van der Waals surface area contributed by atoms with Gasteiger partial charge in [-0.1, -0.05) is 62.2 Å². The molecule has 34 heavy (non-hydrogen) atoms. The van der Waals surface area contributed by atoms with Crippen molar-refractivity contribution in [1.82, 2.24) is 5.32 Å². The van der Waals surface area contributed by atoms with Crippen LogP contribution >= 0.6 is 44.1 Å². The molecule has 1 heterocycles. The Kier molecular flexibility index (Phi) is 7.45. The monoisotopic (exact) mass is 600 g/mol. The molecule has 0 aliphatic carbocycles. The SMILES string of the molecule is COc1cc(/C=C2\C(=O)NC(=S)N(c3ccccc3)C2=O)ccc1OCc1ccc(Br)cc1Br. The number of thiocarbonyl (C=S) groups is 1. The van der Waals surface area contributed by atoms with Crippen LogP contribution in [-0.2, 0) is 16.2 Å². The molecule has 0 aromatic heterocycles. The first-order chi connectivity index (χ1) is 16.4. The third-order valence-electron chi connectivity index (χ3n) is 5.01. The van der Waals surface area contributed by atoms with Gasteiger partial charge in [0.2, 0.25) is 0 Å². The molecule has 0 bridgehead atoms. The summed E-state index contributed by atoms with van der Waals surface area (Å²) in [7, 11) is 1.53. The van der Waals surface area contributed by atoms with Crippen LogP contribution in [-0.4, -0.2) is 24.0 Å². The maximum absolute atomic E-state index is 13.1. The average molecular weight is 602 g/mol. The zero-order valence-electron chi connectivity index (χ0n) is 17.9. The normalized spacial score (nSPS) is 14.9. The fraction of sp³-hybridized carbons (Fsp3) is 0.0800. The molecule has 1 fully saturated rings. The van der Waals surface area contributed by atoms with E-state index in [1.54, 1.807) is 42.5 Å². The Bertz CT molecular complexity index is 1310. The molecule has 172 valence electrons. The fourth-order valence-corrected chi connectivity index (χ4v) is 4.77. The maximum atomic E-state index is 13.1. The third kappa shape index (κ3) is 5.22. The molecule has 0 unspecified atom stereocenters. The lowest BCUT2D eigenvalue weighted by Gasteiger charge is -2.28. The standard InChI is InChI=1S/C25H18Br2N2O4S/c1-32-22-12-15(7-10-21(22)33-14-16-8-9-17(26)13-20(16)27)11-19-23(30)28-25(34)29(24(19)31)18-5-3-2-4-6-18/h2-13H,14H2,1H3,(H,28,30,34)/b19-11+. The first-order valence-electron chi connectivity index (χ1n) is 10.1. The fourth-order valence-electron chi connectivity index (χ4n) is 3.32. The Hall–Kier alpha value is -3.01. The van der Waals surface area contributed by atoms with Crippen molar-refractivity contribution in [2.24, 2.45) is 0 Å². The number of carbonyl (C=O) groups is 2. The molecule has 0 saturated carbocycles. The summed E-state index contributed by atoms with van der Waals surface area (Å²) in [4.78, 5) is 27.0. The van der Waals surface area contributed by atoms with Gasteiger partial charge in [0, 0.05) is 14.5 Å². The van der Waals surface area contributed by atoms with Crippen molar-refractivity contribution < 1.29 is 19.1 Å². The predicted molar refractivity (Wildman–Crippen MR) is 142 cm³/mol. The summed E-state index contributed by atoms with van der Waals surface area (Å²) >= 11 is 12.2. The smallest absolute Gasteiger partial charge is 0.270 e. The summed E-state index contributed by atoms with van der Waals surface area (Å²) in [6.45, 7) is 0.328. The van der Waals surface area contributed by atoms with Gasteiger partial charge in [-0.2, -0.15) is 0 Å². The lowest BCUT2D eigenvalue weighted by atomic mass is 10.1. The van der Waals surface area contributed by atoms with Gasteiger partial charge in [0.1, 0.15) is 12.2 Å². The summed E-state index contributed by atoms with van der Waals surface area (Å²) in [5, 5.41) is 2.62. The molecule has 2 amide bonds. The van der Waals surface area contributed by atoms with E-state index in [9.17, 15) is 9.59 Å². The molecular weight excluding hydrogens is 584 g/mol. The van der Waals surface area contributed by atoms with Crippen LogP contribution in [0.15, 0.2) is 81.2 Å². The van der Waals surface area contributed by atoms with Crippen molar-refractivity contribution in [2.75, 3.05) is 12.0 Å². The van der Waals surface area contributed by atoms with Crippen LogP contribution < -0.4 is 19.7 Å². The number of nitrogens with zero attached hydrogens (tertiary/aromatic N) is 1. The van der Waals surface area contributed by atoms with Crippen LogP contribution in [0.25, 0.3) is 6.08 Å². The first-order valence-corrected chi connectivity index (χ1v) is 12.1. The van der Waals surface area contributed by atoms with E-state index in [1.807, 2.05) is 24.3 Å². The number of carbonyl (C=O) groups excluding carboxylic acids is 2. The zero-order valence-corrected chi connectivity index (χ0v) is 21.9. The van der Waals surface area contributed by atoms with Gasteiger partial charge in [-0.05, 0) is 60.3 Å². The van der Waals surface area contributed by atoms with Crippen molar-refractivity contribution in [2.45, 2.75) is 6.61 Å². The maximum Gasteiger partial charge on any atom is 0.270 e. The van der Waals surface area contributed by atoms with Gasteiger partial charge in [0.05, 0.1) is 12.8 Å². The van der Waals surface area contributed by atoms with Crippen LogP contribution in [0.2, 0.25) is 0 Å². The molecule has 6 nitrogen and oxygen atoms in total. The van der Waals surface area contributed by atoms with Gasteiger partial charge >= 0.3 is 0 Å². The van der Waals surface area contributed by atoms with E-state index < -0.39 is 11.8 Å². The Balaban J connectivity index is 1.59. The van der Waals surface area contributed by atoms with Crippen LogP contribution in [0, 0.1) is 0 Å². The molecule has 3 aromatic carbocycles. The van der Waals surface area contributed by atoms with Gasteiger partial charge in [-0.15, -0.1) is 0 Å². The summed E-state index contributed by atoms with van der Waals surface area (Å²) in [5.74, 6) is -0.0476. The number of rotatable bonds is 6. The second kappa shape index (κ2) is 10.5. The lowest BCUT2D eigenvalue weighted by molar-refractivity contribution is -0.122. The highest BCUT2D eigenvalue weighted by Gasteiger charge is 2.34. The van der Waals surface area contributed by atoms with E-state index in [4.69, 9.17) is 21.7 Å². The zero-order chi connectivity index (χ0) is 24.2. The van der Waals surface area contributed by atoms with Crippen molar-refractivity contribution in [3.8, 4) is 11.5 Å². The van der Waals surface area contributed by atoms with Crippen LogP contribution in [0.3, 0.4) is 0 Å². The van der Waals surface area contributed by atoms with Gasteiger partial charge in [0.25, 0.3) is 11.8 Å². The highest BCUT2D eigenvalue weighted by atomic mass is 79.9. The number of anilines is 1. The van der Waals surface area contributed by atoms with Crippen molar-refractivity contribution in [1.29, 1.82) is 0 Å². The molecule has 0 atom stereocenters. The number of amides is 2. The molecule has 1 saturated heterocycles. The van der Waals surface area contributed by atoms with Gasteiger partial charge in [-0.3, -0.25) is 19.8 Å². The number of hydrogen-bond acceptors (Lipinski definition) is 5. The molecule has 1 N–H and O–H groups in total. The molecule has 9 heteroatoms. The Morgan fingerprint density at radius 2 is 1.76 bits per heavy atom. The average Bonchev–Trinajstić information content (AvgIpc) is 2.82. The second-order valence-corrected chi connectivity index (χ2v) is 9.38. The first kappa shape index (κ1) is 24.1. The molecule has 1 aliphatic heterocycles. The van der Waals surface area contributed by atoms with E-state index in [2.05, 4.69) is 37.2 Å².